The molecule has 1 aliphatic rings. The molecule has 0 saturated heterocycles. The Balaban J connectivity index is 1.74. The van der Waals surface area contributed by atoms with Crippen molar-refractivity contribution in [2.45, 2.75) is 39.3 Å². The van der Waals surface area contributed by atoms with Gasteiger partial charge in [-0.3, -0.25) is 14.4 Å². The van der Waals surface area contributed by atoms with Gasteiger partial charge in [-0.05, 0) is 56.5 Å². The monoisotopic (exact) mass is 364 g/mol. The zero-order valence-corrected chi connectivity index (χ0v) is 15.2. The van der Waals surface area contributed by atoms with Gasteiger partial charge in [0, 0.05) is 23.0 Å². The first-order valence-corrected chi connectivity index (χ1v) is 8.71. The Morgan fingerprint density at radius 1 is 1.26 bits per heavy atom. The maximum absolute atomic E-state index is 12.4. The Bertz CT molecular complexity index is 1010. The van der Waals surface area contributed by atoms with Crippen molar-refractivity contribution in [2.24, 2.45) is 0 Å². The van der Waals surface area contributed by atoms with E-state index in [4.69, 9.17) is 5.26 Å². The molecule has 1 aromatic carbocycles. The fourth-order valence-electron chi connectivity index (χ4n) is 2.84. The van der Waals surface area contributed by atoms with Crippen LogP contribution in [0.1, 0.15) is 40.0 Å². The number of aromatic nitrogens is 1. The molecule has 2 N–H and O–H groups in total. The lowest BCUT2D eigenvalue weighted by atomic mass is 10.1. The molecule has 2 amide bonds. The van der Waals surface area contributed by atoms with Gasteiger partial charge >= 0.3 is 0 Å². The number of nitriles is 1. The van der Waals surface area contributed by atoms with Crippen molar-refractivity contribution in [1.29, 1.82) is 5.26 Å². The summed E-state index contributed by atoms with van der Waals surface area (Å²) in [6, 6.07) is 10.5. The number of hydrogen-bond acceptors (Lipinski definition) is 4. The zero-order valence-electron chi connectivity index (χ0n) is 15.2. The van der Waals surface area contributed by atoms with Gasteiger partial charge < -0.3 is 15.2 Å². The first-order valence-electron chi connectivity index (χ1n) is 8.71. The molecular formula is C20H20N4O3. The quantitative estimate of drug-likeness (QED) is 0.845. The number of carbonyl (C=O) groups excluding carboxylic acids is 2. The number of benzene rings is 1. The first kappa shape index (κ1) is 18.4. The average molecular weight is 364 g/mol. The molecule has 2 aromatic rings. The van der Waals surface area contributed by atoms with E-state index in [2.05, 4.69) is 10.6 Å². The molecular weight excluding hydrogens is 344 g/mol. The molecule has 1 aliphatic carbocycles. The molecule has 0 aliphatic heterocycles. The van der Waals surface area contributed by atoms with Crippen molar-refractivity contribution in [3.63, 3.8) is 0 Å². The van der Waals surface area contributed by atoms with Crippen LogP contribution >= 0.6 is 0 Å². The van der Waals surface area contributed by atoms with Gasteiger partial charge in [-0.15, -0.1) is 0 Å². The number of rotatable bonds is 5. The lowest BCUT2D eigenvalue weighted by Gasteiger charge is -2.12. The van der Waals surface area contributed by atoms with Gasteiger partial charge in [-0.2, -0.15) is 5.26 Å². The SMILES string of the molecule is Cc1cc(C)n(CC(=O)Nc2cccc(C(=O)NC3CC3)c2)c(=O)c1C#N. The summed E-state index contributed by atoms with van der Waals surface area (Å²) >= 11 is 0. The van der Waals surface area contributed by atoms with Crippen LogP contribution in [0.5, 0.6) is 0 Å². The Morgan fingerprint density at radius 3 is 2.67 bits per heavy atom. The summed E-state index contributed by atoms with van der Waals surface area (Å²) in [6.45, 7) is 3.19. The smallest absolute Gasteiger partial charge is 0.269 e. The van der Waals surface area contributed by atoms with Crippen LogP contribution in [0.15, 0.2) is 35.1 Å². The normalized spacial score (nSPS) is 12.9. The third-order valence-electron chi connectivity index (χ3n) is 4.44. The number of nitrogens with one attached hydrogen (secondary N) is 2. The third kappa shape index (κ3) is 4.23. The summed E-state index contributed by atoms with van der Waals surface area (Å²) in [5.74, 6) is -0.578. The fraction of sp³-hybridized carbons (Fsp3) is 0.300. The van der Waals surface area contributed by atoms with Crippen LogP contribution in [0.2, 0.25) is 0 Å². The summed E-state index contributed by atoms with van der Waals surface area (Å²) < 4.78 is 1.27. The molecule has 1 saturated carbocycles. The van der Waals surface area contributed by atoms with Crippen LogP contribution < -0.4 is 16.2 Å². The molecule has 0 unspecified atom stereocenters. The van der Waals surface area contributed by atoms with Crippen LogP contribution in [-0.4, -0.2) is 22.4 Å². The second-order valence-corrected chi connectivity index (χ2v) is 6.72. The van der Waals surface area contributed by atoms with Crippen LogP contribution in [-0.2, 0) is 11.3 Å². The van der Waals surface area contributed by atoms with Crippen LogP contribution in [0.4, 0.5) is 5.69 Å². The predicted octanol–water partition coefficient (Wildman–Crippen LogP) is 1.87. The van der Waals surface area contributed by atoms with E-state index in [0.717, 1.165) is 12.8 Å². The van der Waals surface area contributed by atoms with E-state index in [9.17, 15) is 14.4 Å². The predicted molar refractivity (Wildman–Crippen MR) is 100 cm³/mol. The summed E-state index contributed by atoms with van der Waals surface area (Å²) in [4.78, 5) is 36.9. The van der Waals surface area contributed by atoms with Gasteiger partial charge in [-0.1, -0.05) is 6.07 Å². The first-order chi connectivity index (χ1) is 12.9. The van der Waals surface area contributed by atoms with Gasteiger partial charge in [0.15, 0.2) is 0 Å². The van der Waals surface area contributed by atoms with Crippen LogP contribution in [0, 0.1) is 25.2 Å². The third-order valence-corrected chi connectivity index (χ3v) is 4.44. The van der Waals surface area contributed by atoms with Crippen molar-refractivity contribution >= 4 is 17.5 Å². The van der Waals surface area contributed by atoms with Crippen LogP contribution in [0.25, 0.3) is 0 Å². The summed E-state index contributed by atoms with van der Waals surface area (Å²) in [5, 5.41) is 14.7. The second kappa shape index (κ2) is 7.46. The molecule has 7 heteroatoms. The molecule has 27 heavy (non-hydrogen) atoms. The minimum atomic E-state index is -0.484. The number of pyridine rings is 1. The maximum atomic E-state index is 12.4. The molecule has 0 atom stereocenters. The standard InChI is InChI=1S/C20H20N4O3/c1-12-8-13(2)24(20(27)17(12)10-21)11-18(25)22-16-5-3-4-14(9-16)19(26)23-15-6-7-15/h3-5,8-9,15H,6-7,11H2,1-2H3,(H,22,25)(H,23,26). The molecule has 1 heterocycles. The number of nitrogens with zero attached hydrogens (tertiary/aromatic N) is 2. The highest BCUT2D eigenvalue weighted by molar-refractivity contribution is 5.97. The number of hydrogen-bond donors (Lipinski definition) is 2. The average Bonchev–Trinajstić information content (AvgIpc) is 3.43. The highest BCUT2D eigenvalue weighted by Gasteiger charge is 2.23. The summed E-state index contributed by atoms with van der Waals surface area (Å²) in [7, 11) is 0. The van der Waals surface area contributed by atoms with E-state index >= 15 is 0 Å². The summed E-state index contributed by atoms with van der Waals surface area (Å²) in [5.41, 5.74) is 1.68. The van der Waals surface area contributed by atoms with Gasteiger partial charge in [0.25, 0.3) is 11.5 Å². The number of amides is 2. The fourth-order valence-corrected chi connectivity index (χ4v) is 2.84. The zero-order chi connectivity index (χ0) is 19.6. The van der Waals surface area contributed by atoms with Gasteiger partial charge in [0.05, 0.1) is 0 Å². The lowest BCUT2D eigenvalue weighted by molar-refractivity contribution is -0.116. The summed E-state index contributed by atoms with van der Waals surface area (Å²) in [6.07, 6.45) is 2.00. The minimum absolute atomic E-state index is 0.0344. The van der Waals surface area contributed by atoms with Gasteiger partial charge in [-0.25, -0.2) is 0 Å². The molecule has 138 valence electrons. The highest BCUT2D eigenvalue weighted by Crippen LogP contribution is 2.20. The Labute approximate surface area is 156 Å². The molecule has 0 spiro atoms. The molecule has 1 fully saturated rings. The highest BCUT2D eigenvalue weighted by atomic mass is 16.2. The van der Waals surface area contributed by atoms with Crippen molar-refractivity contribution in [3.8, 4) is 6.07 Å². The van der Waals surface area contributed by atoms with E-state index in [0.29, 0.717) is 22.5 Å². The number of anilines is 1. The largest absolute Gasteiger partial charge is 0.349 e. The van der Waals surface area contributed by atoms with Gasteiger partial charge in [0.2, 0.25) is 5.91 Å². The lowest BCUT2D eigenvalue weighted by Crippen LogP contribution is -2.31. The van der Waals surface area contributed by atoms with Crippen molar-refractivity contribution < 1.29 is 9.59 Å². The molecule has 7 nitrogen and oxygen atoms in total. The molecule has 0 bridgehead atoms. The molecule has 3 rings (SSSR count). The molecule has 0 radical (unpaired) electrons. The van der Waals surface area contributed by atoms with Gasteiger partial charge in [0.1, 0.15) is 18.2 Å². The second-order valence-electron chi connectivity index (χ2n) is 6.72. The Kier molecular flexibility index (Phi) is 5.08. The van der Waals surface area contributed by atoms with Crippen LogP contribution in [0.3, 0.4) is 0 Å². The number of carbonyl (C=O) groups is 2. The topological polar surface area (TPSA) is 104 Å². The minimum Gasteiger partial charge on any atom is -0.349 e. The Morgan fingerprint density at radius 2 is 2.00 bits per heavy atom. The maximum Gasteiger partial charge on any atom is 0.269 e. The van der Waals surface area contributed by atoms with Crippen molar-refractivity contribution in [2.75, 3.05) is 5.32 Å². The van der Waals surface area contributed by atoms with E-state index in [1.807, 2.05) is 6.07 Å². The van der Waals surface area contributed by atoms with E-state index in [-0.39, 0.29) is 24.1 Å². The molecule has 1 aromatic heterocycles. The van der Waals surface area contributed by atoms with Crippen molar-refractivity contribution in [1.82, 2.24) is 9.88 Å². The Hall–Kier alpha value is -3.40. The number of aryl methyl sites for hydroxylation is 2. The van der Waals surface area contributed by atoms with E-state index < -0.39 is 11.5 Å². The van der Waals surface area contributed by atoms with E-state index in [1.165, 1.54) is 4.57 Å². The van der Waals surface area contributed by atoms with Crippen molar-refractivity contribution in [3.05, 3.63) is 63.1 Å². The van der Waals surface area contributed by atoms with E-state index in [1.54, 1.807) is 44.2 Å².